The van der Waals surface area contributed by atoms with Gasteiger partial charge in [0.1, 0.15) is 0 Å². The highest BCUT2D eigenvalue weighted by atomic mass is 16.6. The molecule has 0 fully saturated rings. The normalized spacial score (nSPS) is 13.3. The molecule has 98 valence electrons. The summed E-state index contributed by atoms with van der Waals surface area (Å²) in [5, 5.41) is 16.5. The van der Waals surface area contributed by atoms with Crippen LogP contribution in [-0.4, -0.2) is 61.8 Å². The molecule has 2 N–H and O–H groups in total. The maximum atomic E-state index is 9.92. The lowest BCUT2D eigenvalue weighted by Crippen LogP contribution is -2.09. The minimum absolute atomic E-state index is 0.0417. The number of aliphatic hydroxyl groups excluding tert-OH is 2. The molecular formula is C10H16O7. The highest BCUT2D eigenvalue weighted by Gasteiger charge is 2.10. The van der Waals surface area contributed by atoms with E-state index in [1.807, 2.05) is 0 Å². The van der Waals surface area contributed by atoms with Crippen LogP contribution in [0.4, 0.5) is 0 Å². The van der Waals surface area contributed by atoms with Gasteiger partial charge in [-0.2, -0.15) is 0 Å². The SMILES string of the molecule is O=C1C=CC(=O)O1.OCCOCCOCCO. The quantitative estimate of drug-likeness (QED) is 0.325. The van der Waals surface area contributed by atoms with Gasteiger partial charge in [0.15, 0.2) is 0 Å². The van der Waals surface area contributed by atoms with Crippen molar-refractivity contribution in [1.82, 2.24) is 0 Å². The van der Waals surface area contributed by atoms with Crippen molar-refractivity contribution in [3.8, 4) is 0 Å². The first-order valence-electron chi connectivity index (χ1n) is 5.01. The number of esters is 2. The van der Waals surface area contributed by atoms with Gasteiger partial charge < -0.3 is 24.4 Å². The summed E-state index contributed by atoms with van der Waals surface area (Å²) in [6.45, 7) is 1.73. The van der Waals surface area contributed by atoms with Gasteiger partial charge in [-0.25, -0.2) is 9.59 Å². The minimum Gasteiger partial charge on any atom is -0.394 e. The number of rotatable bonds is 7. The molecular weight excluding hydrogens is 232 g/mol. The fraction of sp³-hybridized carbons (Fsp3) is 0.600. The Morgan fingerprint density at radius 1 is 0.882 bits per heavy atom. The van der Waals surface area contributed by atoms with Crippen molar-refractivity contribution in [3.63, 3.8) is 0 Å². The number of ether oxygens (including phenoxy) is 3. The minimum atomic E-state index is -0.579. The third kappa shape index (κ3) is 11.0. The highest BCUT2D eigenvalue weighted by molar-refractivity contribution is 6.04. The second-order valence-corrected chi connectivity index (χ2v) is 2.75. The summed E-state index contributed by atoms with van der Waals surface area (Å²) >= 11 is 0. The second kappa shape index (κ2) is 11.2. The van der Waals surface area contributed by atoms with Gasteiger partial charge in [0, 0.05) is 12.2 Å². The summed E-state index contributed by atoms with van der Waals surface area (Å²) in [5.74, 6) is -1.16. The van der Waals surface area contributed by atoms with Gasteiger partial charge in [0.2, 0.25) is 0 Å². The molecule has 0 atom stereocenters. The molecule has 17 heavy (non-hydrogen) atoms. The summed E-state index contributed by atoms with van der Waals surface area (Å²) in [6.07, 6.45) is 2.17. The molecule has 0 saturated heterocycles. The number of cyclic esters (lactones) is 2. The Hall–Kier alpha value is -1.28. The molecule has 0 bridgehead atoms. The summed E-state index contributed by atoms with van der Waals surface area (Å²) in [5.41, 5.74) is 0. The molecule has 0 aliphatic carbocycles. The average molecular weight is 248 g/mol. The lowest BCUT2D eigenvalue weighted by Gasteiger charge is -2.01. The monoisotopic (exact) mass is 248 g/mol. The summed E-state index contributed by atoms with van der Waals surface area (Å²) in [6, 6.07) is 0. The molecule has 0 saturated carbocycles. The Kier molecular flexibility index (Phi) is 10.4. The number of hydrogen-bond acceptors (Lipinski definition) is 7. The van der Waals surface area contributed by atoms with E-state index in [0.717, 1.165) is 12.2 Å². The molecule has 1 aliphatic heterocycles. The topological polar surface area (TPSA) is 102 Å². The largest absolute Gasteiger partial charge is 0.394 e. The average Bonchev–Trinajstić information content (AvgIpc) is 2.68. The smallest absolute Gasteiger partial charge is 0.338 e. The number of hydrogen-bond donors (Lipinski definition) is 2. The Bertz CT molecular complexity index is 225. The molecule has 0 amide bonds. The van der Waals surface area contributed by atoms with Crippen molar-refractivity contribution in [2.24, 2.45) is 0 Å². The van der Waals surface area contributed by atoms with Crippen LogP contribution in [0.2, 0.25) is 0 Å². The van der Waals surface area contributed by atoms with Crippen molar-refractivity contribution in [2.45, 2.75) is 0 Å². The Morgan fingerprint density at radius 2 is 1.29 bits per heavy atom. The molecule has 0 aromatic carbocycles. The maximum Gasteiger partial charge on any atom is 0.338 e. The van der Waals surface area contributed by atoms with Crippen LogP contribution in [0, 0.1) is 0 Å². The van der Waals surface area contributed by atoms with Crippen LogP contribution in [0.25, 0.3) is 0 Å². The van der Waals surface area contributed by atoms with Crippen molar-refractivity contribution >= 4 is 11.9 Å². The van der Waals surface area contributed by atoms with E-state index in [4.69, 9.17) is 19.7 Å². The van der Waals surface area contributed by atoms with E-state index in [1.165, 1.54) is 0 Å². The number of carbonyl (C=O) groups is 2. The Balaban J connectivity index is 0.000000318. The second-order valence-electron chi connectivity index (χ2n) is 2.75. The van der Waals surface area contributed by atoms with Gasteiger partial charge in [-0.1, -0.05) is 0 Å². The van der Waals surface area contributed by atoms with E-state index in [0.29, 0.717) is 26.4 Å². The molecule has 1 rings (SSSR count). The predicted molar refractivity (Wildman–Crippen MR) is 56.0 cm³/mol. The van der Waals surface area contributed by atoms with Gasteiger partial charge in [-0.15, -0.1) is 0 Å². The zero-order valence-electron chi connectivity index (χ0n) is 9.33. The van der Waals surface area contributed by atoms with Gasteiger partial charge in [-0.3, -0.25) is 0 Å². The van der Waals surface area contributed by atoms with Crippen LogP contribution in [0.1, 0.15) is 0 Å². The van der Waals surface area contributed by atoms with Crippen LogP contribution in [0.15, 0.2) is 12.2 Å². The molecule has 1 aliphatic rings. The Labute approximate surface area is 98.6 Å². The van der Waals surface area contributed by atoms with Gasteiger partial charge in [0.05, 0.1) is 39.6 Å². The van der Waals surface area contributed by atoms with Crippen molar-refractivity contribution in [1.29, 1.82) is 0 Å². The summed E-state index contributed by atoms with van der Waals surface area (Å²) in [7, 11) is 0. The zero-order valence-corrected chi connectivity index (χ0v) is 9.33. The molecule has 0 aromatic heterocycles. The third-order valence-electron chi connectivity index (χ3n) is 1.40. The predicted octanol–water partition coefficient (Wildman–Crippen LogP) is -1.37. The fourth-order valence-electron chi connectivity index (χ4n) is 0.754. The van der Waals surface area contributed by atoms with Crippen molar-refractivity contribution in [3.05, 3.63) is 12.2 Å². The van der Waals surface area contributed by atoms with E-state index < -0.39 is 11.9 Å². The molecule has 7 nitrogen and oxygen atoms in total. The van der Waals surface area contributed by atoms with E-state index in [9.17, 15) is 9.59 Å². The van der Waals surface area contributed by atoms with Crippen LogP contribution in [0.5, 0.6) is 0 Å². The Morgan fingerprint density at radius 3 is 1.53 bits per heavy atom. The molecule has 0 unspecified atom stereocenters. The first-order chi connectivity index (χ1) is 8.20. The van der Waals surface area contributed by atoms with Crippen molar-refractivity contribution < 1.29 is 34.0 Å². The summed E-state index contributed by atoms with van der Waals surface area (Å²) < 4.78 is 13.7. The molecule has 7 heteroatoms. The van der Waals surface area contributed by atoms with Gasteiger partial charge >= 0.3 is 11.9 Å². The maximum absolute atomic E-state index is 9.92. The zero-order chi connectivity index (χ0) is 12.9. The molecule has 0 radical (unpaired) electrons. The van der Waals surface area contributed by atoms with E-state index in [-0.39, 0.29) is 13.2 Å². The van der Waals surface area contributed by atoms with Crippen LogP contribution in [-0.2, 0) is 23.8 Å². The number of aliphatic hydroxyl groups is 2. The van der Waals surface area contributed by atoms with Crippen molar-refractivity contribution in [2.75, 3.05) is 39.6 Å². The fourth-order valence-corrected chi connectivity index (χ4v) is 0.754. The number of carbonyl (C=O) groups excluding carboxylic acids is 2. The molecule has 0 aromatic rings. The first kappa shape index (κ1) is 15.7. The van der Waals surface area contributed by atoms with Gasteiger partial charge in [0.25, 0.3) is 0 Å². The lowest BCUT2D eigenvalue weighted by atomic mass is 10.6. The van der Waals surface area contributed by atoms with E-state index in [2.05, 4.69) is 4.74 Å². The van der Waals surface area contributed by atoms with Crippen LogP contribution in [0.3, 0.4) is 0 Å². The van der Waals surface area contributed by atoms with Crippen LogP contribution >= 0.6 is 0 Å². The molecule has 0 spiro atoms. The summed E-state index contributed by atoms with van der Waals surface area (Å²) in [4.78, 5) is 19.8. The van der Waals surface area contributed by atoms with Crippen LogP contribution < -0.4 is 0 Å². The van der Waals surface area contributed by atoms with E-state index >= 15 is 0 Å². The van der Waals surface area contributed by atoms with E-state index in [1.54, 1.807) is 0 Å². The van der Waals surface area contributed by atoms with Gasteiger partial charge in [-0.05, 0) is 0 Å². The third-order valence-corrected chi connectivity index (χ3v) is 1.40. The molecule has 1 heterocycles. The first-order valence-corrected chi connectivity index (χ1v) is 5.01. The highest BCUT2D eigenvalue weighted by Crippen LogP contribution is 1.92. The lowest BCUT2D eigenvalue weighted by molar-refractivity contribution is -0.150. The standard InChI is InChI=1S/C6H14O4.C4H2O3/c7-1-3-9-5-6-10-4-2-8;5-3-1-2-4(6)7-3/h7-8H,1-6H2;1-2H.